The van der Waals surface area contributed by atoms with Gasteiger partial charge in [-0.15, -0.1) is 0 Å². The summed E-state index contributed by atoms with van der Waals surface area (Å²) in [6.07, 6.45) is 1.23. The Bertz CT molecular complexity index is 768. The van der Waals surface area contributed by atoms with Gasteiger partial charge in [0, 0.05) is 23.9 Å². The van der Waals surface area contributed by atoms with E-state index in [-0.39, 0.29) is 24.4 Å². The predicted molar refractivity (Wildman–Crippen MR) is 72.9 cm³/mol. The van der Waals surface area contributed by atoms with E-state index in [1.807, 2.05) is 0 Å². The van der Waals surface area contributed by atoms with Crippen LogP contribution in [-0.2, 0) is 6.54 Å². The molecule has 0 radical (unpaired) electrons. The molecule has 1 heterocycles. The molecule has 0 spiro atoms. The zero-order chi connectivity index (χ0) is 15.2. The minimum Gasteiger partial charge on any atom is -0.384 e. The summed E-state index contributed by atoms with van der Waals surface area (Å²) in [6, 6.07) is 4.20. The quantitative estimate of drug-likeness (QED) is 0.604. The lowest BCUT2D eigenvalue weighted by Gasteiger charge is -2.05. The Labute approximate surface area is 119 Å². The summed E-state index contributed by atoms with van der Waals surface area (Å²) < 4.78 is 13.6. The minimum absolute atomic E-state index is 0.0491. The van der Waals surface area contributed by atoms with Gasteiger partial charge in [-0.25, -0.2) is 9.18 Å². The van der Waals surface area contributed by atoms with Gasteiger partial charge in [0.2, 0.25) is 0 Å². The highest BCUT2D eigenvalue weighted by Crippen LogP contribution is 2.10. The molecule has 2 rings (SSSR count). The minimum atomic E-state index is -0.528. The largest absolute Gasteiger partial charge is 0.384 e. The number of hydrogen-bond donors (Lipinski definition) is 4. The number of aromatic amines is 2. The third-order valence-corrected chi connectivity index (χ3v) is 2.64. The van der Waals surface area contributed by atoms with Gasteiger partial charge in [-0.3, -0.25) is 4.79 Å². The van der Waals surface area contributed by atoms with E-state index in [0.717, 1.165) is 0 Å². The average molecular weight is 289 g/mol. The molecule has 0 fully saturated rings. The molecule has 0 aliphatic heterocycles. The van der Waals surface area contributed by atoms with Crippen LogP contribution in [0.3, 0.4) is 0 Å². The van der Waals surface area contributed by atoms with E-state index in [2.05, 4.69) is 27.1 Å². The molecule has 7 heteroatoms. The van der Waals surface area contributed by atoms with E-state index in [9.17, 15) is 14.0 Å². The van der Waals surface area contributed by atoms with Gasteiger partial charge in [-0.2, -0.15) is 0 Å². The fourth-order valence-electron chi connectivity index (χ4n) is 1.65. The molecule has 108 valence electrons. The smallest absolute Gasteiger partial charge is 0.323 e. The number of aliphatic hydroxyl groups excluding tert-OH is 1. The number of hydrogen-bond acceptors (Lipinski definition) is 3. The summed E-state index contributed by atoms with van der Waals surface area (Å²) in [4.78, 5) is 27.2. The molecule has 2 aromatic rings. The van der Waals surface area contributed by atoms with Gasteiger partial charge in [-0.05, 0) is 18.2 Å². The first kappa shape index (κ1) is 14.6. The fourth-order valence-corrected chi connectivity index (χ4v) is 1.65. The van der Waals surface area contributed by atoms with E-state index >= 15 is 0 Å². The SMILES string of the molecule is O=C(NCc1cc(C#CCO)ccc1F)c1c[nH]c(=O)[nH]1. The number of aliphatic hydroxyl groups is 1. The summed E-state index contributed by atoms with van der Waals surface area (Å²) >= 11 is 0. The topological polar surface area (TPSA) is 98.0 Å². The first-order valence-corrected chi connectivity index (χ1v) is 6.04. The zero-order valence-electron chi connectivity index (χ0n) is 10.9. The van der Waals surface area contributed by atoms with Crippen molar-refractivity contribution in [1.82, 2.24) is 15.3 Å². The monoisotopic (exact) mass is 289 g/mol. The molecule has 1 aromatic heterocycles. The Hall–Kier alpha value is -2.85. The van der Waals surface area contributed by atoms with E-state index in [1.165, 1.54) is 24.4 Å². The Morgan fingerprint density at radius 1 is 1.43 bits per heavy atom. The van der Waals surface area contributed by atoms with Crippen molar-refractivity contribution in [3.8, 4) is 11.8 Å². The molecular formula is C14H12FN3O3. The van der Waals surface area contributed by atoms with Crippen molar-refractivity contribution < 1.29 is 14.3 Å². The Morgan fingerprint density at radius 2 is 2.24 bits per heavy atom. The van der Waals surface area contributed by atoms with Crippen LogP contribution >= 0.6 is 0 Å². The summed E-state index contributed by atoms with van der Waals surface area (Å²) in [5, 5.41) is 11.1. The van der Waals surface area contributed by atoms with Crippen LogP contribution in [-0.4, -0.2) is 27.6 Å². The lowest BCUT2D eigenvalue weighted by atomic mass is 10.1. The lowest BCUT2D eigenvalue weighted by Crippen LogP contribution is -2.24. The van der Waals surface area contributed by atoms with Gasteiger partial charge >= 0.3 is 5.69 Å². The van der Waals surface area contributed by atoms with Crippen LogP contribution in [0.2, 0.25) is 0 Å². The van der Waals surface area contributed by atoms with Gasteiger partial charge in [0.05, 0.1) is 0 Å². The maximum atomic E-state index is 13.6. The number of carbonyl (C=O) groups excluding carboxylic acids is 1. The summed E-state index contributed by atoms with van der Waals surface area (Å²) in [5.74, 6) is 4.10. The van der Waals surface area contributed by atoms with E-state index in [0.29, 0.717) is 5.56 Å². The fraction of sp³-hybridized carbons (Fsp3) is 0.143. The first-order chi connectivity index (χ1) is 10.1. The van der Waals surface area contributed by atoms with Crippen molar-refractivity contribution >= 4 is 5.91 Å². The molecule has 0 unspecified atom stereocenters. The number of imidazole rings is 1. The number of amides is 1. The van der Waals surface area contributed by atoms with Gasteiger partial charge < -0.3 is 20.4 Å². The van der Waals surface area contributed by atoms with Crippen molar-refractivity contribution in [2.24, 2.45) is 0 Å². The van der Waals surface area contributed by atoms with Crippen LogP contribution < -0.4 is 11.0 Å². The normalized spacial score (nSPS) is 9.81. The Kier molecular flexibility index (Phi) is 4.53. The number of benzene rings is 1. The van der Waals surface area contributed by atoms with E-state index in [1.54, 1.807) is 0 Å². The molecule has 0 aliphatic rings. The van der Waals surface area contributed by atoms with E-state index < -0.39 is 17.4 Å². The van der Waals surface area contributed by atoms with Crippen molar-refractivity contribution in [2.45, 2.75) is 6.54 Å². The highest BCUT2D eigenvalue weighted by atomic mass is 19.1. The first-order valence-electron chi connectivity index (χ1n) is 6.04. The second-order valence-corrected chi connectivity index (χ2v) is 4.11. The molecule has 21 heavy (non-hydrogen) atoms. The summed E-state index contributed by atoms with van der Waals surface area (Å²) in [5.41, 5.74) is 0.361. The maximum Gasteiger partial charge on any atom is 0.323 e. The lowest BCUT2D eigenvalue weighted by molar-refractivity contribution is 0.0946. The second-order valence-electron chi connectivity index (χ2n) is 4.11. The van der Waals surface area contributed by atoms with Crippen LogP contribution in [0.1, 0.15) is 21.6 Å². The number of aromatic nitrogens is 2. The van der Waals surface area contributed by atoms with Crippen molar-refractivity contribution in [3.05, 3.63) is 57.5 Å². The molecule has 0 atom stereocenters. The van der Waals surface area contributed by atoms with Gasteiger partial charge in [-0.1, -0.05) is 11.8 Å². The molecule has 4 N–H and O–H groups in total. The third-order valence-electron chi connectivity index (χ3n) is 2.64. The predicted octanol–water partition coefficient (Wildman–Crippen LogP) is 0.116. The molecule has 0 saturated carbocycles. The van der Waals surface area contributed by atoms with E-state index in [4.69, 9.17) is 5.11 Å². The zero-order valence-corrected chi connectivity index (χ0v) is 10.9. The maximum absolute atomic E-state index is 13.6. The number of rotatable bonds is 3. The van der Waals surface area contributed by atoms with Gasteiger partial charge in [0.25, 0.3) is 5.91 Å². The second kappa shape index (κ2) is 6.54. The summed E-state index contributed by atoms with van der Waals surface area (Å²) in [6.45, 7) is -0.336. The van der Waals surface area contributed by atoms with Gasteiger partial charge in [0.1, 0.15) is 18.1 Å². The molecule has 0 saturated heterocycles. The highest BCUT2D eigenvalue weighted by Gasteiger charge is 2.09. The number of halogens is 1. The Morgan fingerprint density at radius 3 is 2.90 bits per heavy atom. The van der Waals surface area contributed by atoms with Crippen LogP contribution in [0, 0.1) is 17.7 Å². The number of H-pyrrole nitrogens is 2. The number of carbonyl (C=O) groups is 1. The standard InChI is InChI=1S/C14H12FN3O3/c15-11-4-3-9(2-1-5-19)6-10(11)7-16-13(20)12-8-17-14(21)18-12/h3-4,6,8,19H,5,7H2,(H,16,20)(H2,17,18,21). The van der Waals surface area contributed by atoms with Crippen molar-refractivity contribution in [2.75, 3.05) is 6.61 Å². The molecular weight excluding hydrogens is 277 g/mol. The third kappa shape index (κ3) is 3.81. The summed E-state index contributed by atoms with van der Waals surface area (Å²) in [7, 11) is 0. The van der Waals surface area contributed by atoms with Crippen LogP contribution in [0.4, 0.5) is 4.39 Å². The van der Waals surface area contributed by atoms with Crippen molar-refractivity contribution in [1.29, 1.82) is 0 Å². The highest BCUT2D eigenvalue weighted by molar-refractivity contribution is 5.91. The molecule has 1 amide bonds. The molecule has 0 bridgehead atoms. The number of nitrogens with one attached hydrogen (secondary N) is 3. The van der Waals surface area contributed by atoms with Crippen molar-refractivity contribution in [3.63, 3.8) is 0 Å². The Balaban J connectivity index is 2.08. The molecule has 0 aliphatic carbocycles. The molecule has 6 nitrogen and oxygen atoms in total. The van der Waals surface area contributed by atoms with Crippen LogP contribution in [0.25, 0.3) is 0 Å². The average Bonchev–Trinajstić information content (AvgIpc) is 2.91. The van der Waals surface area contributed by atoms with Gasteiger partial charge in [0.15, 0.2) is 0 Å². The van der Waals surface area contributed by atoms with Crippen LogP contribution in [0.15, 0.2) is 29.2 Å². The molecule has 1 aromatic carbocycles. The van der Waals surface area contributed by atoms with Crippen LogP contribution in [0.5, 0.6) is 0 Å².